The molecule has 2 saturated heterocycles. The molecule has 0 aromatic heterocycles. The number of nitrogens with two attached hydrogens (primary N) is 1. The molecule has 160 valence electrons. The van der Waals surface area contributed by atoms with Crippen molar-refractivity contribution in [2.24, 2.45) is 17.6 Å². The summed E-state index contributed by atoms with van der Waals surface area (Å²) >= 11 is 0. The van der Waals surface area contributed by atoms with Gasteiger partial charge in [-0.05, 0) is 37.5 Å². The fourth-order valence-electron chi connectivity index (χ4n) is 4.36. The number of piperazine rings is 1. The zero-order valence-corrected chi connectivity index (χ0v) is 17.8. The topological polar surface area (TPSA) is 95.7 Å². The zero-order valence-electron chi connectivity index (χ0n) is 17.8. The van der Waals surface area contributed by atoms with E-state index >= 15 is 0 Å². The maximum absolute atomic E-state index is 13.3. The molecule has 0 aliphatic carbocycles. The molecular weight excluding hydrogens is 356 g/mol. The lowest BCUT2D eigenvalue weighted by Crippen LogP contribution is -2.62. The van der Waals surface area contributed by atoms with Crippen LogP contribution in [0.15, 0.2) is 0 Å². The van der Waals surface area contributed by atoms with E-state index in [2.05, 4.69) is 26.1 Å². The van der Waals surface area contributed by atoms with Gasteiger partial charge in [0.05, 0.1) is 6.04 Å². The second kappa shape index (κ2) is 10.8. The Kier molecular flexibility index (Phi) is 8.73. The molecule has 2 heterocycles. The largest absolute Gasteiger partial charge is 0.370 e. The zero-order chi connectivity index (χ0) is 20.7. The van der Waals surface area contributed by atoms with Gasteiger partial charge in [0.25, 0.3) is 0 Å². The number of unbranched alkanes of at least 4 members (excludes halogenated alkanes) is 1. The highest BCUT2D eigenvalue weighted by Crippen LogP contribution is 2.24. The summed E-state index contributed by atoms with van der Waals surface area (Å²) in [5.74, 6) is 0.465. The van der Waals surface area contributed by atoms with E-state index in [9.17, 15) is 14.4 Å². The predicted octanol–water partition coefficient (Wildman–Crippen LogP) is 1.51. The summed E-state index contributed by atoms with van der Waals surface area (Å²) in [7, 11) is 0. The molecule has 3 N–H and O–H groups in total. The first kappa shape index (κ1) is 22.7. The van der Waals surface area contributed by atoms with Crippen LogP contribution in [0, 0.1) is 11.8 Å². The molecule has 2 fully saturated rings. The van der Waals surface area contributed by atoms with Gasteiger partial charge in [-0.1, -0.05) is 33.6 Å². The van der Waals surface area contributed by atoms with Gasteiger partial charge in [0.1, 0.15) is 6.04 Å². The molecule has 2 aliphatic heterocycles. The van der Waals surface area contributed by atoms with Gasteiger partial charge >= 0.3 is 0 Å². The van der Waals surface area contributed by atoms with Crippen molar-refractivity contribution in [3.63, 3.8) is 0 Å². The molecule has 2 atom stereocenters. The van der Waals surface area contributed by atoms with Crippen LogP contribution in [0.2, 0.25) is 0 Å². The van der Waals surface area contributed by atoms with E-state index in [4.69, 9.17) is 5.73 Å². The molecule has 2 aliphatic rings. The van der Waals surface area contributed by atoms with Crippen LogP contribution < -0.4 is 11.1 Å². The number of nitrogens with zero attached hydrogens (tertiary/aromatic N) is 2. The number of carbonyl (C=O) groups excluding carboxylic acids is 3. The molecule has 7 nitrogen and oxygen atoms in total. The van der Waals surface area contributed by atoms with E-state index in [1.807, 2.05) is 9.80 Å². The molecule has 0 aromatic rings. The minimum Gasteiger partial charge on any atom is -0.370 e. The molecule has 0 saturated carbocycles. The highest BCUT2D eigenvalue weighted by molar-refractivity contribution is 5.90. The van der Waals surface area contributed by atoms with E-state index in [1.165, 1.54) is 0 Å². The number of hydrogen-bond acceptors (Lipinski definition) is 4. The summed E-state index contributed by atoms with van der Waals surface area (Å²) in [6.45, 7) is 8.93. The van der Waals surface area contributed by atoms with Crippen molar-refractivity contribution in [3.05, 3.63) is 0 Å². The van der Waals surface area contributed by atoms with Crippen LogP contribution in [-0.2, 0) is 14.4 Å². The predicted molar refractivity (Wildman–Crippen MR) is 109 cm³/mol. The molecule has 2 rings (SSSR count). The fourth-order valence-corrected chi connectivity index (χ4v) is 4.36. The molecule has 3 amide bonds. The standard InChI is InChI=1S/C21H38N4O3/c1-4-5-6-17-20(27)25(12-9-23-17)18(13-15(2)3)21(28)24-10-7-16(8-11-24)14-19(22)26/h15-18,23H,4-14H2,1-3H3,(H2,22,26). The minimum atomic E-state index is -0.383. The van der Waals surface area contributed by atoms with Gasteiger partial charge in [-0.3, -0.25) is 14.4 Å². The summed E-state index contributed by atoms with van der Waals surface area (Å²) in [5.41, 5.74) is 5.31. The van der Waals surface area contributed by atoms with E-state index in [0.29, 0.717) is 38.4 Å². The van der Waals surface area contributed by atoms with Crippen molar-refractivity contribution in [3.8, 4) is 0 Å². The number of piperidine rings is 1. The summed E-state index contributed by atoms with van der Waals surface area (Å²) in [4.78, 5) is 41.3. The van der Waals surface area contributed by atoms with E-state index in [-0.39, 0.29) is 35.7 Å². The number of nitrogens with one attached hydrogen (secondary N) is 1. The summed E-state index contributed by atoms with van der Waals surface area (Å²) in [6.07, 6.45) is 5.58. The Bertz CT molecular complexity index is 544. The van der Waals surface area contributed by atoms with Gasteiger partial charge in [-0.2, -0.15) is 0 Å². The van der Waals surface area contributed by atoms with Crippen molar-refractivity contribution in [2.45, 2.75) is 77.8 Å². The van der Waals surface area contributed by atoms with Gasteiger partial charge in [0.2, 0.25) is 17.7 Å². The Labute approximate surface area is 169 Å². The van der Waals surface area contributed by atoms with Crippen LogP contribution >= 0.6 is 0 Å². The van der Waals surface area contributed by atoms with Gasteiger partial charge in [-0.15, -0.1) is 0 Å². The lowest BCUT2D eigenvalue weighted by atomic mass is 9.92. The van der Waals surface area contributed by atoms with Crippen molar-refractivity contribution in [1.29, 1.82) is 0 Å². The van der Waals surface area contributed by atoms with Gasteiger partial charge in [0.15, 0.2) is 0 Å². The molecule has 0 spiro atoms. The fraction of sp³-hybridized carbons (Fsp3) is 0.857. The van der Waals surface area contributed by atoms with Gasteiger partial charge < -0.3 is 20.9 Å². The average molecular weight is 395 g/mol. The molecule has 0 radical (unpaired) electrons. The number of amides is 3. The van der Waals surface area contributed by atoms with Crippen molar-refractivity contribution < 1.29 is 14.4 Å². The lowest BCUT2D eigenvalue weighted by Gasteiger charge is -2.41. The smallest absolute Gasteiger partial charge is 0.245 e. The van der Waals surface area contributed by atoms with Gasteiger partial charge in [0, 0.05) is 32.6 Å². The molecular formula is C21H38N4O3. The Balaban J connectivity index is 2.05. The van der Waals surface area contributed by atoms with Crippen LogP contribution in [-0.4, -0.2) is 65.8 Å². The van der Waals surface area contributed by atoms with E-state index < -0.39 is 0 Å². The highest BCUT2D eigenvalue weighted by Gasteiger charge is 2.38. The monoisotopic (exact) mass is 394 g/mol. The highest BCUT2D eigenvalue weighted by atomic mass is 16.2. The second-order valence-electron chi connectivity index (χ2n) is 8.77. The summed E-state index contributed by atoms with van der Waals surface area (Å²) in [5, 5.41) is 3.32. The molecule has 28 heavy (non-hydrogen) atoms. The first-order valence-electron chi connectivity index (χ1n) is 10.9. The first-order chi connectivity index (χ1) is 13.3. The number of primary amides is 1. The number of likely N-dealkylation sites (tertiary alicyclic amines) is 1. The number of hydrogen-bond donors (Lipinski definition) is 2. The molecule has 7 heteroatoms. The number of rotatable bonds is 9. The average Bonchev–Trinajstić information content (AvgIpc) is 2.65. The summed E-state index contributed by atoms with van der Waals surface area (Å²) < 4.78 is 0. The lowest BCUT2D eigenvalue weighted by molar-refractivity contribution is -0.150. The minimum absolute atomic E-state index is 0.0655. The van der Waals surface area contributed by atoms with Crippen molar-refractivity contribution >= 4 is 17.7 Å². The van der Waals surface area contributed by atoms with Crippen molar-refractivity contribution in [2.75, 3.05) is 26.2 Å². The third kappa shape index (κ3) is 6.19. The second-order valence-corrected chi connectivity index (χ2v) is 8.77. The molecule has 2 unspecified atom stereocenters. The Morgan fingerprint density at radius 1 is 1.21 bits per heavy atom. The third-order valence-electron chi connectivity index (χ3n) is 5.94. The van der Waals surface area contributed by atoms with E-state index in [1.54, 1.807) is 0 Å². The SMILES string of the molecule is CCCCC1NCCN(C(CC(C)C)C(=O)N2CCC(CC(N)=O)CC2)C1=O. The maximum atomic E-state index is 13.3. The van der Waals surface area contributed by atoms with Crippen LogP contribution in [0.25, 0.3) is 0 Å². The van der Waals surface area contributed by atoms with Crippen LogP contribution in [0.3, 0.4) is 0 Å². The maximum Gasteiger partial charge on any atom is 0.245 e. The number of carbonyl (C=O) groups is 3. The third-order valence-corrected chi connectivity index (χ3v) is 5.94. The molecule has 0 bridgehead atoms. The normalized spacial score (nSPS) is 22.6. The van der Waals surface area contributed by atoms with E-state index in [0.717, 1.165) is 38.6 Å². The first-order valence-corrected chi connectivity index (χ1v) is 10.9. The Hall–Kier alpha value is -1.63. The van der Waals surface area contributed by atoms with Gasteiger partial charge in [-0.25, -0.2) is 0 Å². The Morgan fingerprint density at radius 2 is 1.89 bits per heavy atom. The van der Waals surface area contributed by atoms with Crippen molar-refractivity contribution in [1.82, 2.24) is 15.1 Å². The molecule has 0 aromatic carbocycles. The quantitative estimate of drug-likeness (QED) is 0.619. The van der Waals surface area contributed by atoms with Crippen LogP contribution in [0.4, 0.5) is 0 Å². The van der Waals surface area contributed by atoms with Crippen LogP contribution in [0.1, 0.15) is 65.7 Å². The Morgan fingerprint density at radius 3 is 2.46 bits per heavy atom. The summed E-state index contributed by atoms with van der Waals surface area (Å²) in [6, 6.07) is -0.552. The van der Waals surface area contributed by atoms with Crippen LogP contribution in [0.5, 0.6) is 0 Å².